The van der Waals surface area contributed by atoms with Gasteiger partial charge in [0, 0.05) is 23.6 Å². The Hall–Kier alpha value is -3.90. The fourth-order valence-electron chi connectivity index (χ4n) is 3.44. The number of halogens is 1. The predicted molar refractivity (Wildman–Crippen MR) is 137 cm³/mol. The molecule has 0 amide bonds. The molecule has 10 nitrogen and oxygen atoms in total. The van der Waals surface area contributed by atoms with Crippen molar-refractivity contribution in [1.29, 1.82) is 0 Å². The quantitative estimate of drug-likeness (QED) is 0.305. The molecule has 0 radical (unpaired) electrons. The van der Waals surface area contributed by atoms with Crippen molar-refractivity contribution >= 4 is 27.3 Å². The Bertz CT molecular complexity index is 1500. The molecule has 0 aliphatic carbocycles. The largest absolute Gasteiger partial charge is 0.420 e. The van der Waals surface area contributed by atoms with E-state index in [1.165, 1.54) is 18.3 Å². The Morgan fingerprint density at radius 1 is 1.11 bits per heavy atom. The lowest BCUT2D eigenvalue weighted by atomic mass is 9.97. The molecule has 2 heterocycles. The van der Waals surface area contributed by atoms with Gasteiger partial charge in [0.15, 0.2) is 9.84 Å². The van der Waals surface area contributed by atoms with Crippen molar-refractivity contribution in [2.75, 3.05) is 23.5 Å². The van der Waals surface area contributed by atoms with Crippen molar-refractivity contribution in [3.05, 3.63) is 72.0 Å². The van der Waals surface area contributed by atoms with Crippen LogP contribution in [0.15, 0.2) is 64.0 Å². The third-order valence-corrected chi connectivity index (χ3v) is 6.50. The zero-order chi connectivity index (χ0) is 26.8. The summed E-state index contributed by atoms with van der Waals surface area (Å²) in [5.41, 5.74) is 1.10. The molecule has 194 valence electrons. The lowest BCUT2D eigenvalue weighted by molar-refractivity contribution is 0.276. The van der Waals surface area contributed by atoms with Crippen LogP contribution in [0.25, 0.3) is 11.5 Å². The Morgan fingerprint density at radius 2 is 1.84 bits per heavy atom. The Kier molecular flexibility index (Phi) is 7.23. The number of hydrogen-bond donors (Lipinski definition) is 3. The van der Waals surface area contributed by atoms with Gasteiger partial charge >= 0.3 is 0 Å². The normalized spacial score (nSPS) is 12.8. The molecule has 0 aliphatic heterocycles. The Labute approximate surface area is 213 Å². The summed E-state index contributed by atoms with van der Waals surface area (Å²) >= 11 is 0. The summed E-state index contributed by atoms with van der Waals surface area (Å²) in [6.45, 7) is 5.60. The van der Waals surface area contributed by atoms with Gasteiger partial charge < -0.3 is 20.2 Å². The van der Waals surface area contributed by atoms with Crippen LogP contribution in [0.3, 0.4) is 0 Å². The van der Waals surface area contributed by atoms with E-state index in [1.807, 2.05) is 51.1 Å². The number of nitrogens with zero attached hydrogens (tertiary/aromatic N) is 4. The maximum atomic E-state index is 14.4. The van der Waals surface area contributed by atoms with Crippen LogP contribution in [0.2, 0.25) is 0 Å². The maximum absolute atomic E-state index is 14.4. The summed E-state index contributed by atoms with van der Waals surface area (Å²) in [4.78, 5) is 8.41. The first kappa shape index (κ1) is 26.2. The zero-order valence-corrected chi connectivity index (χ0v) is 21.5. The smallest absolute Gasteiger partial charge is 0.253 e. The molecular formula is C25H27FN6O4S. The van der Waals surface area contributed by atoms with Gasteiger partial charge in [0.25, 0.3) is 5.89 Å². The lowest BCUT2D eigenvalue weighted by Gasteiger charge is -2.19. The first-order valence-corrected chi connectivity index (χ1v) is 13.2. The molecule has 2 aromatic heterocycles. The molecule has 37 heavy (non-hydrogen) atoms. The molecule has 0 bridgehead atoms. The van der Waals surface area contributed by atoms with Gasteiger partial charge in [0.2, 0.25) is 11.8 Å². The minimum absolute atomic E-state index is 0.0954. The summed E-state index contributed by atoms with van der Waals surface area (Å²) < 4.78 is 43.7. The van der Waals surface area contributed by atoms with E-state index in [0.717, 1.165) is 17.9 Å². The average Bonchev–Trinajstić information content (AvgIpc) is 3.33. The fourth-order valence-corrected chi connectivity index (χ4v) is 4.17. The van der Waals surface area contributed by atoms with Crippen molar-refractivity contribution in [2.24, 2.45) is 0 Å². The van der Waals surface area contributed by atoms with E-state index < -0.39 is 26.6 Å². The standard InChI is InChI=1S/C25H27FN6O4S/c1-25(2,3)23-32-31-22(36-23)17-13-27-24(28-16-10-11-20(18(26)12-16)37(4,34)35)30-21(17)29-19(14-33)15-8-6-5-7-9-15/h5-13,19,33H,14H2,1-4H3,(H2,27,28,29,30)/t19-/m1/s1. The van der Waals surface area contributed by atoms with Crippen LogP contribution in [-0.2, 0) is 15.3 Å². The van der Waals surface area contributed by atoms with E-state index in [2.05, 4.69) is 30.8 Å². The van der Waals surface area contributed by atoms with Crippen LogP contribution in [-0.4, -0.2) is 46.6 Å². The lowest BCUT2D eigenvalue weighted by Crippen LogP contribution is -2.17. The zero-order valence-electron chi connectivity index (χ0n) is 20.7. The molecule has 0 spiro atoms. The number of aromatic nitrogens is 4. The van der Waals surface area contributed by atoms with Crippen molar-refractivity contribution in [3.8, 4) is 11.5 Å². The second-order valence-electron chi connectivity index (χ2n) is 9.45. The predicted octanol–water partition coefficient (Wildman–Crippen LogP) is 4.26. The summed E-state index contributed by atoms with van der Waals surface area (Å²) in [7, 11) is -3.71. The second-order valence-corrected chi connectivity index (χ2v) is 11.4. The molecule has 4 rings (SSSR count). The number of sulfone groups is 1. The van der Waals surface area contributed by atoms with Crippen molar-refractivity contribution in [1.82, 2.24) is 20.2 Å². The minimum Gasteiger partial charge on any atom is -0.420 e. The summed E-state index contributed by atoms with van der Waals surface area (Å²) in [5, 5.41) is 24.4. The number of anilines is 3. The van der Waals surface area contributed by atoms with Crippen LogP contribution < -0.4 is 10.6 Å². The highest BCUT2D eigenvalue weighted by atomic mass is 32.2. The minimum atomic E-state index is -3.71. The fraction of sp³-hybridized carbons (Fsp3) is 0.280. The topological polar surface area (TPSA) is 143 Å². The van der Waals surface area contributed by atoms with E-state index in [1.54, 1.807) is 0 Å². The molecule has 3 N–H and O–H groups in total. The van der Waals surface area contributed by atoms with Gasteiger partial charge in [-0.2, -0.15) is 4.98 Å². The van der Waals surface area contributed by atoms with E-state index >= 15 is 0 Å². The molecule has 4 aromatic rings. The number of hydrogen-bond acceptors (Lipinski definition) is 10. The van der Waals surface area contributed by atoms with Crippen LogP contribution in [0.5, 0.6) is 0 Å². The number of aliphatic hydroxyl groups is 1. The van der Waals surface area contributed by atoms with E-state index in [0.29, 0.717) is 11.5 Å². The van der Waals surface area contributed by atoms with Gasteiger partial charge in [-0.25, -0.2) is 17.8 Å². The van der Waals surface area contributed by atoms with E-state index in [4.69, 9.17) is 4.42 Å². The highest BCUT2D eigenvalue weighted by Gasteiger charge is 2.25. The summed E-state index contributed by atoms with van der Waals surface area (Å²) in [6, 6.07) is 12.4. The molecule has 12 heteroatoms. The third-order valence-electron chi connectivity index (χ3n) is 5.37. The number of rotatable bonds is 8. The van der Waals surface area contributed by atoms with Crippen molar-refractivity contribution < 1.29 is 22.3 Å². The van der Waals surface area contributed by atoms with E-state index in [9.17, 15) is 17.9 Å². The highest BCUT2D eigenvalue weighted by Crippen LogP contribution is 2.32. The number of benzene rings is 2. The second kappa shape index (κ2) is 10.2. The third kappa shape index (κ3) is 6.09. The Balaban J connectivity index is 1.72. The molecule has 0 unspecified atom stereocenters. The Morgan fingerprint density at radius 3 is 2.43 bits per heavy atom. The van der Waals surface area contributed by atoms with Gasteiger partial charge in [0.05, 0.1) is 18.2 Å². The average molecular weight is 527 g/mol. The number of nitrogens with one attached hydrogen (secondary N) is 2. The van der Waals surface area contributed by atoms with Crippen LogP contribution >= 0.6 is 0 Å². The van der Waals surface area contributed by atoms with Crippen LogP contribution in [0.4, 0.5) is 21.8 Å². The molecular weight excluding hydrogens is 499 g/mol. The van der Waals surface area contributed by atoms with Gasteiger partial charge in [0.1, 0.15) is 16.5 Å². The summed E-state index contributed by atoms with van der Waals surface area (Å²) in [6.07, 6.45) is 2.41. The van der Waals surface area contributed by atoms with Gasteiger partial charge in [-0.3, -0.25) is 0 Å². The summed E-state index contributed by atoms with van der Waals surface area (Å²) in [5.74, 6) is 0.106. The molecule has 0 saturated heterocycles. The van der Waals surface area contributed by atoms with Crippen molar-refractivity contribution in [3.63, 3.8) is 0 Å². The van der Waals surface area contributed by atoms with Gasteiger partial charge in [-0.05, 0) is 23.8 Å². The van der Waals surface area contributed by atoms with Crippen LogP contribution in [0.1, 0.15) is 38.3 Å². The SMILES string of the molecule is CC(C)(C)c1nnc(-c2cnc(Nc3ccc(S(C)(=O)=O)c(F)c3)nc2N[C@H](CO)c2ccccc2)o1. The number of aliphatic hydroxyl groups excluding tert-OH is 1. The molecule has 0 aliphatic rings. The molecule has 2 aromatic carbocycles. The first-order chi connectivity index (χ1) is 17.5. The molecule has 0 saturated carbocycles. The first-order valence-electron chi connectivity index (χ1n) is 11.4. The monoisotopic (exact) mass is 526 g/mol. The van der Waals surface area contributed by atoms with Crippen molar-refractivity contribution in [2.45, 2.75) is 37.1 Å². The maximum Gasteiger partial charge on any atom is 0.253 e. The van der Waals surface area contributed by atoms with E-state index in [-0.39, 0.29) is 35.4 Å². The van der Waals surface area contributed by atoms with Gasteiger partial charge in [-0.1, -0.05) is 51.1 Å². The molecule has 0 fully saturated rings. The van der Waals surface area contributed by atoms with Crippen LogP contribution in [0, 0.1) is 5.82 Å². The molecule has 1 atom stereocenters. The van der Waals surface area contributed by atoms with Gasteiger partial charge in [-0.15, -0.1) is 10.2 Å². The highest BCUT2D eigenvalue weighted by molar-refractivity contribution is 7.90.